The molecule has 122 valence electrons. The minimum atomic E-state index is -0.900. The normalized spacial score (nSPS) is 12.3. The number of rotatable bonds is 7. The number of hydrogen-bond acceptors (Lipinski definition) is 3. The van der Waals surface area contributed by atoms with Crippen molar-refractivity contribution in [1.82, 2.24) is 10.2 Å². The van der Waals surface area contributed by atoms with Crippen LogP contribution in [0.25, 0.3) is 10.8 Å². The van der Waals surface area contributed by atoms with Crippen LogP contribution in [0.1, 0.15) is 5.56 Å². The Bertz CT molecular complexity index is 692. The third-order valence-electron chi connectivity index (χ3n) is 3.70. The smallest absolute Gasteiger partial charge is 0.308 e. The Morgan fingerprint density at radius 2 is 1.83 bits per heavy atom. The zero-order chi connectivity index (χ0) is 16.8. The van der Waals surface area contributed by atoms with Crippen molar-refractivity contribution in [3.8, 4) is 0 Å². The van der Waals surface area contributed by atoms with Gasteiger partial charge in [-0.25, -0.2) is 0 Å². The van der Waals surface area contributed by atoms with E-state index in [-0.39, 0.29) is 19.0 Å². The highest BCUT2D eigenvalue weighted by Gasteiger charge is 2.20. The van der Waals surface area contributed by atoms with Crippen molar-refractivity contribution in [1.29, 1.82) is 0 Å². The zero-order valence-electron chi connectivity index (χ0n) is 13.5. The molecule has 5 heteroatoms. The monoisotopic (exact) mass is 314 g/mol. The van der Waals surface area contributed by atoms with E-state index in [4.69, 9.17) is 0 Å². The summed E-state index contributed by atoms with van der Waals surface area (Å²) in [6.07, 6.45) is 0.388. The van der Waals surface area contributed by atoms with E-state index >= 15 is 0 Å². The molecule has 23 heavy (non-hydrogen) atoms. The van der Waals surface area contributed by atoms with E-state index in [1.807, 2.05) is 42.5 Å². The highest BCUT2D eigenvalue weighted by molar-refractivity contribution is 5.86. The first-order chi connectivity index (χ1) is 11.0. The molecule has 2 aromatic rings. The van der Waals surface area contributed by atoms with Crippen LogP contribution in [0.5, 0.6) is 0 Å². The van der Waals surface area contributed by atoms with Crippen LogP contribution >= 0.6 is 0 Å². The topological polar surface area (TPSA) is 69.6 Å². The molecule has 0 spiro atoms. The molecule has 2 aromatic carbocycles. The highest BCUT2D eigenvalue weighted by atomic mass is 16.4. The molecule has 0 aliphatic carbocycles. The maximum Gasteiger partial charge on any atom is 0.308 e. The molecular weight excluding hydrogens is 292 g/mol. The van der Waals surface area contributed by atoms with Gasteiger partial charge in [0.2, 0.25) is 5.91 Å². The summed E-state index contributed by atoms with van der Waals surface area (Å²) >= 11 is 0. The SMILES string of the molecule is CN(C)CC(=O)NCC(Cc1cccc2ccccc12)C(=O)O. The highest BCUT2D eigenvalue weighted by Crippen LogP contribution is 2.21. The average molecular weight is 314 g/mol. The van der Waals surface area contributed by atoms with Crippen molar-refractivity contribution in [2.24, 2.45) is 5.92 Å². The number of carboxylic acids is 1. The molecule has 0 bridgehead atoms. The summed E-state index contributed by atoms with van der Waals surface area (Å²) in [6.45, 7) is 0.381. The van der Waals surface area contributed by atoms with Crippen molar-refractivity contribution >= 4 is 22.6 Å². The van der Waals surface area contributed by atoms with Gasteiger partial charge in [-0.2, -0.15) is 0 Å². The molecule has 1 atom stereocenters. The van der Waals surface area contributed by atoms with Crippen LogP contribution in [-0.4, -0.2) is 49.1 Å². The first kappa shape index (κ1) is 17.0. The molecule has 0 fully saturated rings. The summed E-state index contributed by atoms with van der Waals surface area (Å²) in [6, 6.07) is 13.8. The van der Waals surface area contributed by atoms with Crippen LogP contribution in [0.4, 0.5) is 0 Å². The Hall–Kier alpha value is -2.40. The first-order valence-electron chi connectivity index (χ1n) is 7.58. The Morgan fingerprint density at radius 1 is 1.13 bits per heavy atom. The number of nitrogens with one attached hydrogen (secondary N) is 1. The van der Waals surface area contributed by atoms with Gasteiger partial charge in [0.05, 0.1) is 12.5 Å². The third kappa shape index (κ3) is 4.79. The third-order valence-corrected chi connectivity index (χ3v) is 3.70. The number of aliphatic carboxylic acids is 1. The predicted octanol–water partition coefficient (Wildman–Crippen LogP) is 1.76. The lowest BCUT2D eigenvalue weighted by molar-refractivity contribution is -0.141. The summed E-state index contributed by atoms with van der Waals surface area (Å²) < 4.78 is 0. The van der Waals surface area contributed by atoms with Gasteiger partial charge >= 0.3 is 5.97 Å². The second-order valence-electron chi connectivity index (χ2n) is 5.92. The van der Waals surface area contributed by atoms with E-state index in [9.17, 15) is 14.7 Å². The molecular formula is C18H22N2O3. The fraction of sp³-hybridized carbons (Fsp3) is 0.333. The maximum absolute atomic E-state index is 11.7. The summed E-state index contributed by atoms with van der Waals surface area (Å²) in [7, 11) is 3.59. The molecule has 0 saturated heterocycles. The number of likely N-dealkylation sites (N-methyl/N-ethyl adjacent to an activating group) is 1. The van der Waals surface area contributed by atoms with Gasteiger partial charge in [0.1, 0.15) is 0 Å². The van der Waals surface area contributed by atoms with Crippen LogP contribution in [0.3, 0.4) is 0 Å². The first-order valence-corrected chi connectivity index (χ1v) is 7.58. The summed E-state index contributed by atoms with van der Waals surface area (Å²) in [5.41, 5.74) is 0.984. The Labute approximate surface area is 135 Å². The summed E-state index contributed by atoms with van der Waals surface area (Å²) in [5.74, 6) is -1.71. The van der Waals surface area contributed by atoms with E-state index < -0.39 is 11.9 Å². The van der Waals surface area contributed by atoms with Crippen LogP contribution in [-0.2, 0) is 16.0 Å². The second-order valence-corrected chi connectivity index (χ2v) is 5.92. The van der Waals surface area contributed by atoms with Gasteiger partial charge in [-0.05, 0) is 36.9 Å². The van der Waals surface area contributed by atoms with Crippen LogP contribution in [0.2, 0.25) is 0 Å². The molecule has 5 nitrogen and oxygen atoms in total. The number of hydrogen-bond donors (Lipinski definition) is 2. The molecule has 0 heterocycles. The van der Waals surface area contributed by atoms with Gasteiger partial charge in [-0.3, -0.25) is 9.59 Å². The van der Waals surface area contributed by atoms with Gasteiger partial charge in [-0.1, -0.05) is 42.5 Å². The van der Waals surface area contributed by atoms with Gasteiger partial charge in [-0.15, -0.1) is 0 Å². The maximum atomic E-state index is 11.7. The van der Waals surface area contributed by atoms with Crippen LogP contribution in [0, 0.1) is 5.92 Å². The van der Waals surface area contributed by atoms with Crippen molar-refractivity contribution in [3.05, 3.63) is 48.0 Å². The minimum Gasteiger partial charge on any atom is -0.481 e. The standard InChI is InChI=1S/C18H22N2O3/c1-20(2)12-17(21)19-11-15(18(22)23)10-14-8-5-7-13-6-3-4-9-16(13)14/h3-9,15H,10-12H2,1-2H3,(H,19,21)(H,22,23). The summed E-state index contributed by atoms with van der Waals surface area (Å²) in [5, 5.41) is 14.3. The van der Waals surface area contributed by atoms with Gasteiger partial charge < -0.3 is 15.3 Å². The van der Waals surface area contributed by atoms with E-state index in [1.54, 1.807) is 19.0 Å². The lowest BCUT2D eigenvalue weighted by atomic mass is 9.95. The molecule has 1 amide bonds. The van der Waals surface area contributed by atoms with Gasteiger partial charge in [0.15, 0.2) is 0 Å². The van der Waals surface area contributed by atoms with Crippen molar-refractivity contribution in [3.63, 3.8) is 0 Å². The van der Waals surface area contributed by atoms with Gasteiger partial charge in [0, 0.05) is 6.54 Å². The number of carbonyl (C=O) groups excluding carboxylic acids is 1. The summed E-state index contributed by atoms with van der Waals surface area (Å²) in [4.78, 5) is 25.0. The number of carboxylic acid groups (broad SMARTS) is 1. The fourth-order valence-electron chi connectivity index (χ4n) is 2.56. The molecule has 0 aliphatic heterocycles. The Morgan fingerprint density at radius 3 is 2.52 bits per heavy atom. The van der Waals surface area contributed by atoms with E-state index in [2.05, 4.69) is 5.32 Å². The fourth-order valence-corrected chi connectivity index (χ4v) is 2.56. The van der Waals surface area contributed by atoms with E-state index in [0.717, 1.165) is 16.3 Å². The van der Waals surface area contributed by atoms with E-state index in [1.165, 1.54) is 0 Å². The molecule has 2 rings (SSSR count). The quantitative estimate of drug-likeness (QED) is 0.817. The molecule has 1 unspecified atom stereocenters. The zero-order valence-corrected chi connectivity index (χ0v) is 13.5. The average Bonchev–Trinajstić information content (AvgIpc) is 2.50. The number of benzene rings is 2. The lowest BCUT2D eigenvalue weighted by Crippen LogP contribution is -2.38. The van der Waals surface area contributed by atoms with Crippen LogP contribution in [0.15, 0.2) is 42.5 Å². The molecule has 0 radical (unpaired) electrons. The lowest BCUT2D eigenvalue weighted by Gasteiger charge is -2.16. The van der Waals surface area contributed by atoms with E-state index in [0.29, 0.717) is 6.42 Å². The molecule has 2 N–H and O–H groups in total. The molecule has 0 aromatic heterocycles. The number of nitrogens with zero attached hydrogens (tertiary/aromatic N) is 1. The Kier molecular flexibility index (Phi) is 5.71. The number of amides is 1. The predicted molar refractivity (Wildman–Crippen MR) is 90.3 cm³/mol. The largest absolute Gasteiger partial charge is 0.481 e. The number of fused-ring (bicyclic) bond motifs is 1. The van der Waals surface area contributed by atoms with Crippen molar-refractivity contribution in [2.75, 3.05) is 27.2 Å². The second kappa shape index (κ2) is 7.74. The number of carbonyl (C=O) groups is 2. The van der Waals surface area contributed by atoms with Crippen molar-refractivity contribution < 1.29 is 14.7 Å². The Balaban J connectivity index is 2.10. The van der Waals surface area contributed by atoms with Crippen LogP contribution < -0.4 is 5.32 Å². The van der Waals surface area contributed by atoms with Gasteiger partial charge in [0.25, 0.3) is 0 Å². The van der Waals surface area contributed by atoms with Crippen molar-refractivity contribution in [2.45, 2.75) is 6.42 Å². The molecule has 0 aliphatic rings. The molecule has 0 saturated carbocycles. The minimum absolute atomic E-state index is 0.130.